The van der Waals surface area contributed by atoms with Crippen LogP contribution in [0.2, 0.25) is 0 Å². The summed E-state index contributed by atoms with van der Waals surface area (Å²) in [4.78, 5) is 51.7. The predicted molar refractivity (Wildman–Crippen MR) is 133 cm³/mol. The molecule has 3 amide bonds. The fourth-order valence-corrected chi connectivity index (χ4v) is 4.19. The molecule has 3 rings (SSSR count). The third kappa shape index (κ3) is 9.36. The van der Waals surface area contributed by atoms with Crippen LogP contribution in [0.5, 0.6) is 0 Å². The molecule has 0 saturated carbocycles. The van der Waals surface area contributed by atoms with Gasteiger partial charge in [-0.05, 0) is 30.4 Å². The minimum Gasteiger partial charge on any atom is -0.361 e. The average Bonchev–Trinajstić information content (AvgIpc) is 3.42. The Hall–Kier alpha value is -3.40. The SMILES string of the molecule is C[C@@]1(C(=O)[C@H](Cc2ccccc2)NC(=O)[C@H](COC(F)F)NC(=O)[C@H](COC(F)F)NC(=O)c2cccs2)CO1. The van der Waals surface area contributed by atoms with E-state index < -0.39 is 73.7 Å². The predicted octanol–water partition coefficient (Wildman–Crippen LogP) is 1.90. The second kappa shape index (κ2) is 14.3. The Morgan fingerprint density at radius 3 is 1.93 bits per heavy atom. The van der Waals surface area contributed by atoms with Crippen LogP contribution in [0.3, 0.4) is 0 Å². The first-order valence-electron chi connectivity index (χ1n) is 12.0. The van der Waals surface area contributed by atoms with Crippen molar-refractivity contribution in [2.45, 2.75) is 50.3 Å². The van der Waals surface area contributed by atoms with Crippen LogP contribution >= 0.6 is 11.3 Å². The van der Waals surface area contributed by atoms with Crippen molar-refractivity contribution in [2.75, 3.05) is 19.8 Å². The maximum absolute atomic E-state index is 13.2. The number of halogens is 4. The van der Waals surface area contributed by atoms with Gasteiger partial charge in [0.1, 0.15) is 17.7 Å². The highest BCUT2D eigenvalue weighted by Crippen LogP contribution is 2.29. The van der Waals surface area contributed by atoms with E-state index in [9.17, 15) is 36.7 Å². The topological polar surface area (TPSA) is 135 Å². The van der Waals surface area contributed by atoms with Crippen LogP contribution in [-0.2, 0) is 35.0 Å². The zero-order valence-electron chi connectivity index (χ0n) is 21.1. The van der Waals surface area contributed by atoms with E-state index in [4.69, 9.17) is 4.74 Å². The summed E-state index contributed by atoms with van der Waals surface area (Å²) in [6, 6.07) is 6.90. The number of Topliss-reactive ketones (excluding diaryl/α,β-unsaturated/α-hetero) is 1. The first-order valence-corrected chi connectivity index (χ1v) is 12.8. The number of alkyl halides is 4. The molecule has 1 aromatic heterocycles. The van der Waals surface area contributed by atoms with Gasteiger partial charge in [-0.15, -0.1) is 11.3 Å². The van der Waals surface area contributed by atoms with Crippen molar-refractivity contribution < 1.29 is 51.0 Å². The number of hydrogen-bond acceptors (Lipinski definition) is 8. The van der Waals surface area contributed by atoms with Crippen molar-refractivity contribution in [3.63, 3.8) is 0 Å². The van der Waals surface area contributed by atoms with Crippen LogP contribution in [0.15, 0.2) is 47.8 Å². The zero-order chi connectivity index (χ0) is 29.3. The van der Waals surface area contributed by atoms with E-state index in [0.29, 0.717) is 5.56 Å². The van der Waals surface area contributed by atoms with Crippen LogP contribution < -0.4 is 16.0 Å². The van der Waals surface area contributed by atoms with Crippen LogP contribution in [0, 0.1) is 0 Å². The molecule has 0 spiro atoms. The standard InChI is InChI=1S/C25H27F4N3O7S/c1-25(13-39-25)19(33)15(10-14-6-3-2-4-7-14)30-20(34)16(11-37-23(26)27)31-21(35)17(12-38-24(28)29)32-22(36)18-8-5-9-40-18/h2-9,15-17,23-24H,10-13H2,1H3,(H,30,34)(H,31,35)(H,32,36)/t15-,16-,17-,25-/m0/s1. The molecule has 0 aliphatic carbocycles. The first kappa shape index (κ1) is 31.1. The highest BCUT2D eigenvalue weighted by atomic mass is 32.1. The Kier molecular flexibility index (Phi) is 11.1. The third-order valence-corrected chi connectivity index (χ3v) is 6.66. The maximum Gasteiger partial charge on any atom is 0.345 e. The highest BCUT2D eigenvalue weighted by Gasteiger charge is 2.50. The normalized spacial score (nSPS) is 18.6. The molecule has 1 aliphatic heterocycles. The summed E-state index contributed by atoms with van der Waals surface area (Å²) in [6.07, 6.45) is 0.0302. The number of ether oxygens (including phenoxy) is 3. The molecule has 3 N–H and O–H groups in total. The monoisotopic (exact) mass is 589 g/mol. The Morgan fingerprint density at radius 2 is 1.43 bits per heavy atom. The molecule has 1 aromatic carbocycles. The number of carbonyl (C=O) groups is 4. The quantitative estimate of drug-likeness (QED) is 0.201. The van der Waals surface area contributed by atoms with Gasteiger partial charge < -0.3 is 30.2 Å². The lowest BCUT2D eigenvalue weighted by Gasteiger charge is -2.25. The summed E-state index contributed by atoms with van der Waals surface area (Å²) in [5.41, 5.74) is -0.468. The molecule has 1 aliphatic rings. The van der Waals surface area contributed by atoms with Crippen molar-refractivity contribution >= 4 is 34.8 Å². The van der Waals surface area contributed by atoms with E-state index in [1.807, 2.05) is 0 Å². The number of thiophene rings is 1. The number of benzene rings is 1. The Balaban J connectivity index is 1.76. The van der Waals surface area contributed by atoms with Gasteiger partial charge in [-0.25, -0.2) is 0 Å². The van der Waals surface area contributed by atoms with Crippen LogP contribution in [0.25, 0.3) is 0 Å². The van der Waals surface area contributed by atoms with E-state index >= 15 is 0 Å². The molecule has 218 valence electrons. The van der Waals surface area contributed by atoms with E-state index in [1.165, 1.54) is 13.0 Å². The number of nitrogens with one attached hydrogen (secondary N) is 3. The summed E-state index contributed by atoms with van der Waals surface area (Å²) in [7, 11) is 0. The molecule has 2 aromatic rings. The van der Waals surface area contributed by atoms with Crippen molar-refractivity contribution in [1.82, 2.24) is 16.0 Å². The number of carbonyl (C=O) groups excluding carboxylic acids is 4. The highest BCUT2D eigenvalue weighted by molar-refractivity contribution is 7.12. The summed E-state index contributed by atoms with van der Waals surface area (Å²) in [5.74, 6) is -3.52. The molecule has 15 heteroatoms. The number of epoxide rings is 1. The van der Waals surface area contributed by atoms with Gasteiger partial charge in [-0.2, -0.15) is 17.6 Å². The lowest BCUT2D eigenvalue weighted by atomic mass is 9.94. The van der Waals surface area contributed by atoms with Crippen molar-refractivity contribution in [2.24, 2.45) is 0 Å². The molecule has 4 atom stereocenters. The molecule has 1 fully saturated rings. The Morgan fingerprint density at radius 1 is 0.875 bits per heavy atom. The van der Waals surface area contributed by atoms with Gasteiger partial charge in [-0.1, -0.05) is 36.4 Å². The molecule has 2 heterocycles. The van der Waals surface area contributed by atoms with Gasteiger partial charge in [0.15, 0.2) is 5.78 Å². The smallest absolute Gasteiger partial charge is 0.345 e. The van der Waals surface area contributed by atoms with E-state index in [0.717, 1.165) is 11.3 Å². The molecular weight excluding hydrogens is 562 g/mol. The maximum atomic E-state index is 13.2. The van der Waals surface area contributed by atoms with Crippen molar-refractivity contribution in [1.29, 1.82) is 0 Å². The first-order chi connectivity index (χ1) is 19.0. The van der Waals surface area contributed by atoms with Gasteiger partial charge in [0.2, 0.25) is 11.8 Å². The van der Waals surface area contributed by atoms with Crippen molar-refractivity contribution in [3.05, 3.63) is 58.3 Å². The minimum absolute atomic E-state index is 0.0302. The lowest BCUT2D eigenvalue weighted by molar-refractivity contribution is -0.152. The van der Waals surface area contributed by atoms with E-state index in [2.05, 4.69) is 25.4 Å². The minimum atomic E-state index is -3.32. The Bertz CT molecular complexity index is 1150. The summed E-state index contributed by atoms with van der Waals surface area (Å²) >= 11 is 1.01. The summed E-state index contributed by atoms with van der Waals surface area (Å²) in [5, 5.41) is 8.35. The summed E-state index contributed by atoms with van der Waals surface area (Å²) in [6.45, 7) is -6.97. The molecule has 0 bridgehead atoms. The fraction of sp³-hybridized carbons (Fsp3) is 0.440. The van der Waals surface area contributed by atoms with E-state index in [-0.39, 0.29) is 17.9 Å². The van der Waals surface area contributed by atoms with Crippen LogP contribution in [0.4, 0.5) is 17.6 Å². The van der Waals surface area contributed by atoms with Gasteiger partial charge in [0.25, 0.3) is 5.91 Å². The number of rotatable bonds is 16. The van der Waals surface area contributed by atoms with Crippen molar-refractivity contribution in [3.8, 4) is 0 Å². The van der Waals surface area contributed by atoms with Gasteiger partial charge >= 0.3 is 13.2 Å². The molecular formula is C25H27F4N3O7S. The lowest BCUT2D eigenvalue weighted by Crippen LogP contribution is -2.59. The number of ketones is 1. The molecule has 0 radical (unpaired) electrons. The average molecular weight is 590 g/mol. The van der Waals surface area contributed by atoms with Crippen LogP contribution in [-0.4, -0.2) is 80.3 Å². The van der Waals surface area contributed by atoms with Gasteiger partial charge in [0, 0.05) is 0 Å². The molecule has 40 heavy (non-hydrogen) atoms. The van der Waals surface area contributed by atoms with Gasteiger partial charge in [-0.3, -0.25) is 19.2 Å². The Labute approximate surface area is 230 Å². The van der Waals surface area contributed by atoms with Gasteiger partial charge in [0.05, 0.1) is 30.7 Å². The second-order valence-electron chi connectivity index (χ2n) is 8.89. The zero-order valence-corrected chi connectivity index (χ0v) is 21.9. The number of amides is 3. The number of hydrogen-bond donors (Lipinski definition) is 3. The molecule has 0 unspecified atom stereocenters. The third-order valence-electron chi connectivity index (χ3n) is 5.79. The molecule has 1 saturated heterocycles. The second-order valence-corrected chi connectivity index (χ2v) is 9.83. The largest absolute Gasteiger partial charge is 0.361 e. The fourth-order valence-electron chi connectivity index (χ4n) is 3.56. The van der Waals surface area contributed by atoms with Crippen LogP contribution in [0.1, 0.15) is 22.2 Å². The summed E-state index contributed by atoms with van der Waals surface area (Å²) < 4.78 is 64.7. The van der Waals surface area contributed by atoms with E-state index in [1.54, 1.807) is 41.8 Å². The molecule has 10 nitrogen and oxygen atoms in total.